The molecule has 3 aromatic heterocycles. The van der Waals surface area contributed by atoms with Crippen LogP contribution in [0.25, 0.3) is 5.65 Å². The maximum atomic E-state index is 12.9. The number of fused-ring (bicyclic) bond motifs is 1. The van der Waals surface area contributed by atoms with Gasteiger partial charge in [0.2, 0.25) is 5.89 Å². The normalized spacial score (nSPS) is 11.3. The summed E-state index contributed by atoms with van der Waals surface area (Å²) in [7, 11) is 0. The lowest BCUT2D eigenvalue weighted by atomic mass is 10.0. The lowest BCUT2D eigenvalue weighted by Crippen LogP contribution is -2.23. The molecule has 0 aliphatic carbocycles. The molecule has 0 radical (unpaired) electrons. The van der Waals surface area contributed by atoms with Crippen molar-refractivity contribution < 1.29 is 4.52 Å². The number of halogens is 1. The molecule has 0 spiro atoms. The Morgan fingerprint density at radius 1 is 1.16 bits per heavy atom. The predicted octanol–water partition coefficient (Wildman–Crippen LogP) is 2.55. The van der Waals surface area contributed by atoms with Gasteiger partial charge in [-0.2, -0.15) is 4.98 Å². The molecule has 0 fully saturated rings. The Morgan fingerprint density at radius 2 is 1.96 bits per heavy atom. The van der Waals surface area contributed by atoms with Gasteiger partial charge in [0.05, 0.1) is 12.1 Å². The first-order valence-electron chi connectivity index (χ1n) is 7.71. The molecule has 25 heavy (non-hydrogen) atoms. The molecule has 0 bridgehead atoms. The Morgan fingerprint density at radius 3 is 2.68 bits per heavy atom. The largest absolute Gasteiger partial charge is 0.339 e. The number of hydrogen-bond acceptors (Lipinski definition) is 5. The van der Waals surface area contributed by atoms with Crippen molar-refractivity contribution >= 4 is 17.2 Å². The van der Waals surface area contributed by atoms with Crippen LogP contribution in [0.4, 0.5) is 0 Å². The summed E-state index contributed by atoms with van der Waals surface area (Å²) in [6, 6.07) is 9.14. The lowest BCUT2D eigenvalue weighted by molar-refractivity contribution is 0.380. The van der Waals surface area contributed by atoms with Gasteiger partial charge in [-0.05, 0) is 24.6 Å². The fourth-order valence-corrected chi connectivity index (χ4v) is 2.85. The van der Waals surface area contributed by atoms with E-state index in [1.165, 1.54) is 4.52 Å². The number of hydrogen-bond donors (Lipinski definition) is 1. The molecule has 1 N–H and O–H groups in total. The molecule has 4 rings (SSSR count). The van der Waals surface area contributed by atoms with Gasteiger partial charge in [0, 0.05) is 29.3 Å². The monoisotopic (exact) mass is 355 g/mol. The van der Waals surface area contributed by atoms with Crippen LogP contribution < -0.4 is 5.56 Å². The Hall–Kier alpha value is -2.93. The van der Waals surface area contributed by atoms with Crippen LogP contribution in [0.3, 0.4) is 0 Å². The van der Waals surface area contributed by atoms with Crippen LogP contribution in [0.2, 0.25) is 5.02 Å². The number of aromatic nitrogens is 5. The fraction of sp³-hybridized carbons (Fsp3) is 0.176. The Bertz CT molecular complexity index is 1090. The third kappa shape index (κ3) is 3.06. The summed E-state index contributed by atoms with van der Waals surface area (Å²) in [4.78, 5) is 21.7. The molecule has 0 saturated carbocycles. The maximum absolute atomic E-state index is 12.9. The van der Waals surface area contributed by atoms with Gasteiger partial charge in [-0.3, -0.25) is 9.89 Å². The van der Waals surface area contributed by atoms with E-state index in [1.54, 1.807) is 31.3 Å². The average Bonchev–Trinajstić information content (AvgIpc) is 3.22. The highest BCUT2D eigenvalue weighted by atomic mass is 35.5. The molecule has 126 valence electrons. The molecule has 8 heteroatoms. The first-order chi connectivity index (χ1) is 12.1. The van der Waals surface area contributed by atoms with Crippen molar-refractivity contribution in [2.45, 2.75) is 19.8 Å². The Balaban J connectivity index is 1.81. The molecule has 4 aromatic rings. The smallest absolute Gasteiger partial charge is 0.276 e. The van der Waals surface area contributed by atoms with Crippen LogP contribution in [-0.4, -0.2) is 24.7 Å². The van der Waals surface area contributed by atoms with Crippen molar-refractivity contribution in [1.82, 2.24) is 24.7 Å². The highest BCUT2D eigenvalue weighted by molar-refractivity contribution is 6.30. The topological polar surface area (TPSA) is 89.1 Å². The summed E-state index contributed by atoms with van der Waals surface area (Å²) in [6.45, 7) is 1.75. The quantitative estimate of drug-likeness (QED) is 0.607. The van der Waals surface area contributed by atoms with Crippen LogP contribution in [0, 0.1) is 6.92 Å². The second-order valence-electron chi connectivity index (χ2n) is 5.71. The maximum Gasteiger partial charge on any atom is 0.276 e. The lowest BCUT2D eigenvalue weighted by Gasteiger charge is -2.08. The molecular weight excluding hydrogens is 342 g/mol. The fourth-order valence-electron chi connectivity index (χ4n) is 2.73. The third-order valence-electron chi connectivity index (χ3n) is 3.91. The minimum absolute atomic E-state index is 0.142. The molecular formula is C17H14ClN5O2. The number of H-pyrrole nitrogens is 1. The van der Waals surface area contributed by atoms with Crippen LogP contribution >= 0.6 is 11.6 Å². The first kappa shape index (κ1) is 15.6. The minimum Gasteiger partial charge on any atom is -0.339 e. The summed E-state index contributed by atoms with van der Waals surface area (Å²) in [5, 5.41) is 7.33. The minimum atomic E-state index is -0.142. The van der Waals surface area contributed by atoms with Crippen molar-refractivity contribution in [2.24, 2.45) is 0 Å². The average molecular weight is 356 g/mol. The zero-order chi connectivity index (χ0) is 17.4. The first-order valence-corrected chi connectivity index (χ1v) is 8.09. The van der Waals surface area contributed by atoms with E-state index in [9.17, 15) is 4.79 Å². The van der Waals surface area contributed by atoms with Gasteiger partial charge in [0.1, 0.15) is 0 Å². The zero-order valence-electron chi connectivity index (χ0n) is 13.4. The van der Waals surface area contributed by atoms with Gasteiger partial charge in [-0.15, -0.1) is 0 Å². The van der Waals surface area contributed by atoms with Gasteiger partial charge in [-0.25, -0.2) is 9.50 Å². The second kappa shape index (κ2) is 6.18. The Kier molecular flexibility index (Phi) is 3.85. The molecule has 3 heterocycles. The number of rotatable bonds is 4. The summed E-state index contributed by atoms with van der Waals surface area (Å²) in [6.07, 6.45) is 2.42. The number of nitrogens with zero attached hydrogens (tertiary/aromatic N) is 4. The highest BCUT2D eigenvalue weighted by Crippen LogP contribution is 2.16. The number of aryl methyl sites for hydroxylation is 1. The van der Waals surface area contributed by atoms with Gasteiger partial charge >= 0.3 is 0 Å². The highest BCUT2D eigenvalue weighted by Gasteiger charge is 2.17. The summed E-state index contributed by atoms with van der Waals surface area (Å²) >= 11 is 5.94. The molecule has 1 aromatic carbocycles. The van der Waals surface area contributed by atoms with Crippen molar-refractivity contribution in [3.8, 4) is 0 Å². The van der Waals surface area contributed by atoms with Crippen LogP contribution in [0.5, 0.6) is 0 Å². The van der Waals surface area contributed by atoms with E-state index in [0.717, 1.165) is 5.56 Å². The molecule has 0 atom stereocenters. The summed E-state index contributed by atoms with van der Waals surface area (Å²) < 4.78 is 6.61. The van der Waals surface area contributed by atoms with E-state index in [0.29, 0.717) is 46.5 Å². The standard InChI is InChI=1S/C17H14ClN5O2/c1-10-20-16(25-22-10)9-14-13(8-11-2-4-12(18)5-3-11)17(24)23-15(21-14)6-7-19-23/h2-7,19H,8-9H2,1H3. The van der Waals surface area contributed by atoms with Gasteiger partial charge < -0.3 is 4.52 Å². The Labute approximate surface area is 147 Å². The van der Waals surface area contributed by atoms with Crippen molar-refractivity contribution in [3.63, 3.8) is 0 Å². The van der Waals surface area contributed by atoms with Crippen LogP contribution in [0.15, 0.2) is 45.8 Å². The molecule has 7 nitrogen and oxygen atoms in total. The van der Waals surface area contributed by atoms with E-state index in [2.05, 4.69) is 20.2 Å². The molecule has 0 aliphatic rings. The number of aromatic amines is 1. The SMILES string of the molecule is Cc1noc(Cc2nc3cc[nH]n3c(=O)c2Cc2ccc(Cl)cc2)n1. The molecule has 0 unspecified atom stereocenters. The third-order valence-corrected chi connectivity index (χ3v) is 4.16. The predicted molar refractivity (Wildman–Crippen MR) is 91.9 cm³/mol. The summed E-state index contributed by atoms with van der Waals surface area (Å²) in [5.74, 6) is 0.982. The second-order valence-corrected chi connectivity index (χ2v) is 6.15. The van der Waals surface area contributed by atoms with E-state index in [1.807, 2.05) is 12.1 Å². The van der Waals surface area contributed by atoms with Gasteiger partial charge in [-0.1, -0.05) is 28.9 Å². The van der Waals surface area contributed by atoms with Crippen LogP contribution in [0.1, 0.15) is 28.5 Å². The number of benzene rings is 1. The summed E-state index contributed by atoms with van der Waals surface area (Å²) in [5.41, 5.74) is 2.59. The zero-order valence-corrected chi connectivity index (χ0v) is 14.1. The van der Waals surface area contributed by atoms with Crippen molar-refractivity contribution in [1.29, 1.82) is 0 Å². The molecule has 0 aliphatic heterocycles. The van der Waals surface area contributed by atoms with Crippen molar-refractivity contribution in [3.05, 3.63) is 80.4 Å². The molecule has 0 saturated heterocycles. The van der Waals surface area contributed by atoms with Gasteiger partial charge in [0.15, 0.2) is 11.5 Å². The van der Waals surface area contributed by atoms with Gasteiger partial charge in [0.25, 0.3) is 5.56 Å². The van der Waals surface area contributed by atoms with Crippen LogP contribution in [-0.2, 0) is 12.8 Å². The van der Waals surface area contributed by atoms with Crippen molar-refractivity contribution in [2.75, 3.05) is 0 Å². The number of nitrogens with one attached hydrogen (secondary N) is 1. The van der Waals surface area contributed by atoms with E-state index in [-0.39, 0.29) is 5.56 Å². The van der Waals surface area contributed by atoms with E-state index >= 15 is 0 Å². The van der Waals surface area contributed by atoms with E-state index in [4.69, 9.17) is 16.1 Å². The molecule has 0 amide bonds. The van der Waals surface area contributed by atoms with E-state index < -0.39 is 0 Å².